The molecular formula is C11H13FN4O4. The normalized spacial score (nSPS) is 30.0. The molecule has 0 radical (unpaired) electrons. The lowest BCUT2D eigenvalue weighted by atomic mass is 10.1. The predicted molar refractivity (Wildman–Crippen MR) is 63.8 cm³/mol. The third kappa shape index (κ3) is 1.82. The van der Waals surface area contributed by atoms with Crippen molar-refractivity contribution in [1.29, 1.82) is 0 Å². The lowest BCUT2D eigenvalue weighted by molar-refractivity contribution is -0.0495. The topological polar surface area (TPSA) is 103 Å². The summed E-state index contributed by atoms with van der Waals surface area (Å²) in [5.41, 5.74) is 0.736. The van der Waals surface area contributed by atoms with Gasteiger partial charge in [0.05, 0.1) is 20.0 Å². The molecule has 1 aliphatic rings. The number of halogens is 1. The fraction of sp³-hybridized carbons (Fsp3) is 0.545. The van der Waals surface area contributed by atoms with E-state index in [0.717, 1.165) is 0 Å². The quantitative estimate of drug-likeness (QED) is 0.777. The number of hydrogen-bond acceptors (Lipinski definition) is 7. The van der Waals surface area contributed by atoms with Gasteiger partial charge in [-0.05, 0) is 0 Å². The van der Waals surface area contributed by atoms with Crippen LogP contribution in [0, 0.1) is 0 Å². The Kier molecular flexibility index (Phi) is 3.24. The number of methoxy groups -OCH3 is 1. The zero-order valence-electron chi connectivity index (χ0n) is 10.5. The van der Waals surface area contributed by atoms with Crippen molar-refractivity contribution in [3.8, 4) is 5.88 Å². The van der Waals surface area contributed by atoms with Gasteiger partial charge in [0.2, 0.25) is 5.88 Å². The molecule has 0 saturated carbocycles. The Hall–Kier alpha value is -1.84. The van der Waals surface area contributed by atoms with Crippen LogP contribution in [0.1, 0.15) is 6.23 Å². The minimum Gasteiger partial charge on any atom is -0.479 e. The van der Waals surface area contributed by atoms with Gasteiger partial charge in [-0.15, -0.1) is 0 Å². The summed E-state index contributed by atoms with van der Waals surface area (Å²) < 4.78 is 25.5. The van der Waals surface area contributed by atoms with Crippen LogP contribution in [0.5, 0.6) is 5.88 Å². The number of nitrogens with zero attached hydrogens (tertiary/aromatic N) is 4. The highest BCUT2D eigenvalue weighted by Gasteiger charge is 2.45. The van der Waals surface area contributed by atoms with Gasteiger partial charge in [0.15, 0.2) is 23.6 Å². The Bertz CT molecular complexity index is 621. The molecule has 0 aliphatic carbocycles. The van der Waals surface area contributed by atoms with Gasteiger partial charge in [-0.2, -0.15) is 4.98 Å². The Balaban J connectivity index is 2.03. The molecule has 0 bridgehead atoms. The second-order valence-electron chi connectivity index (χ2n) is 4.39. The van der Waals surface area contributed by atoms with E-state index in [1.54, 1.807) is 0 Å². The maximum atomic E-state index is 13.7. The number of rotatable bonds is 3. The first kappa shape index (κ1) is 13.2. The van der Waals surface area contributed by atoms with Crippen LogP contribution in [0.25, 0.3) is 11.2 Å². The van der Waals surface area contributed by atoms with Gasteiger partial charge in [-0.25, -0.2) is 14.4 Å². The first-order valence-corrected chi connectivity index (χ1v) is 5.97. The van der Waals surface area contributed by atoms with Crippen molar-refractivity contribution in [3.63, 3.8) is 0 Å². The zero-order valence-corrected chi connectivity index (χ0v) is 10.5. The fourth-order valence-electron chi connectivity index (χ4n) is 2.25. The third-order valence-electron chi connectivity index (χ3n) is 3.26. The summed E-state index contributed by atoms with van der Waals surface area (Å²) in [6, 6.07) is 0. The molecule has 1 saturated heterocycles. The van der Waals surface area contributed by atoms with Gasteiger partial charge in [0.1, 0.15) is 18.5 Å². The van der Waals surface area contributed by atoms with Crippen molar-refractivity contribution in [2.45, 2.75) is 24.6 Å². The van der Waals surface area contributed by atoms with E-state index in [-0.39, 0.29) is 5.88 Å². The monoisotopic (exact) mass is 284 g/mol. The minimum absolute atomic E-state index is 0.275. The molecule has 3 rings (SSSR count). The summed E-state index contributed by atoms with van der Waals surface area (Å²) in [6.07, 6.45) is -2.53. The smallest absolute Gasteiger partial charge is 0.245 e. The van der Waals surface area contributed by atoms with Crippen molar-refractivity contribution in [2.24, 2.45) is 0 Å². The lowest BCUT2D eigenvalue weighted by Gasteiger charge is -2.16. The molecule has 108 valence electrons. The Morgan fingerprint density at radius 2 is 2.25 bits per heavy atom. The van der Waals surface area contributed by atoms with Crippen LogP contribution < -0.4 is 4.74 Å². The van der Waals surface area contributed by atoms with E-state index in [9.17, 15) is 9.50 Å². The Morgan fingerprint density at radius 1 is 1.45 bits per heavy atom. The van der Waals surface area contributed by atoms with E-state index < -0.39 is 31.2 Å². The molecule has 0 spiro atoms. The van der Waals surface area contributed by atoms with Gasteiger partial charge in [-0.1, -0.05) is 0 Å². The van der Waals surface area contributed by atoms with Gasteiger partial charge in [0, 0.05) is 0 Å². The largest absolute Gasteiger partial charge is 0.479 e. The van der Waals surface area contributed by atoms with Crippen molar-refractivity contribution < 1.29 is 24.1 Å². The molecule has 9 heteroatoms. The van der Waals surface area contributed by atoms with Gasteiger partial charge >= 0.3 is 0 Å². The van der Waals surface area contributed by atoms with Crippen LogP contribution in [-0.4, -0.2) is 61.8 Å². The van der Waals surface area contributed by atoms with Crippen molar-refractivity contribution in [2.75, 3.05) is 13.7 Å². The number of imidazole rings is 1. The summed E-state index contributed by atoms with van der Waals surface area (Å²) in [4.78, 5) is 12.0. The highest BCUT2D eigenvalue weighted by atomic mass is 19.1. The summed E-state index contributed by atoms with van der Waals surface area (Å²) in [5, 5.41) is 18.9. The second-order valence-corrected chi connectivity index (χ2v) is 4.39. The van der Waals surface area contributed by atoms with E-state index >= 15 is 0 Å². The van der Waals surface area contributed by atoms with Crippen molar-refractivity contribution in [3.05, 3.63) is 12.7 Å². The van der Waals surface area contributed by atoms with Gasteiger partial charge < -0.3 is 19.7 Å². The van der Waals surface area contributed by atoms with Crippen molar-refractivity contribution >= 4 is 11.2 Å². The van der Waals surface area contributed by atoms with Gasteiger partial charge in [-0.3, -0.25) is 4.57 Å². The summed E-state index contributed by atoms with van der Waals surface area (Å²) in [7, 11) is 1.45. The predicted octanol–water partition coefficient (Wildman–Crippen LogP) is -0.576. The van der Waals surface area contributed by atoms with E-state index in [1.165, 1.54) is 24.3 Å². The average molecular weight is 284 g/mol. The number of hydrogen-bond donors (Lipinski definition) is 2. The standard InChI is InChI=1S/C11H13FN4O4/c1-19-10-7-9(13-3-14-10)16(4-15-7)11-8(18)6(12)5(2-17)20-11/h3-6,8,11,17-18H,2H2,1H3/t5-,6-,8-,11-/m1/s1. The minimum atomic E-state index is -1.67. The molecule has 2 aromatic rings. The van der Waals surface area contributed by atoms with Crippen LogP contribution >= 0.6 is 0 Å². The zero-order chi connectivity index (χ0) is 14.3. The SMILES string of the molecule is COc1ncnc2c1ncn2[C@@H]1O[C@H](CO)[C@@H](F)[C@H]1O. The number of aliphatic hydroxyl groups excluding tert-OH is 2. The number of alkyl halides is 1. The van der Waals surface area contributed by atoms with Crippen molar-refractivity contribution in [1.82, 2.24) is 19.5 Å². The highest BCUT2D eigenvalue weighted by molar-refractivity contribution is 5.76. The van der Waals surface area contributed by atoms with Crippen LogP contribution in [-0.2, 0) is 4.74 Å². The highest BCUT2D eigenvalue weighted by Crippen LogP contribution is 2.33. The Labute approximate surface area is 112 Å². The maximum Gasteiger partial charge on any atom is 0.245 e. The Morgan fingerprint density at radius 3 is 2.90 bits per heavy atom. The molecule has 2 aromatic heterocycles. The first-order valence-electron chi connectivity index (χ1n) is 5.97. The molecule has 0 aromatic carbocycles. The van der Waals surface area contributed by atoms with Crippen LogP contribution in [0.2, 0.25) is 0 Å². The molecule has 1 fully saturated rings. The molecule has 4 atom stereocenters. The van der Waals surface area contributed by atoms with E-state index in [4.69, 9.17) is 14.6 Å². The third-order valence-corrected chi connectivity index (χ3v) is 3.26. The summed E-state index contributed by atoms with van der Waals surface area (Å²) >= 11 is 0. The van der Waals surface area contributed by atoms with Crippen LogP contribution in [0.4, 0.5) is 4.39 Å². The van der Waals surface area contributed by atoms with Crippen LogP contribution in [0.15, 0.2) is 12.7 Å². The number of aromatic nitrogens is 4. The molecule has 2 N–H and O–H groups in total. The molecule has 0 amide bonds. The average Bonchev–Trinajstić information content (AvgIpc) is 3.01. The van der Waals surface area contributed by atoms with Gasteiger partial charge in [0.25, 0.3) is 0 Å². The number of aliphatic hydroxyl groups is 2. The lowest BCUT2D eigenvalue weighted by Crippen LogP contribution is -2.29. The number of ether oxygens (including phenoxy) is 2. The summed E-state index contributed by atoms with van der Waals surface area (Å²) in [6.45, 7) is -0.514. The van der Waals surface area contributed by atoms with E-state index in [1.807, 2.05) is 0 Å². The molecule has 8 nitrogen and oxygen atoms in total. The van der Waals surface area contributed by atoms with E-state index in [2.05, 4.69) is 15.0 Å². The number of fused-ring (bicyclic) bond motifs is 1. The first-order chi connectivity index (χ1) is 9.67. The molecular weight excluding hydrogens is 271 g/mol. The molecule has 1 aliphatic heterocycles. The fourth-order valence-corrected chi connectivity index (χ4v) is 2.25. The molecule has 0 unspecified atom stereocenters. The second kappa shape index (κ2) is 4.93. The summed E-state index contributed by atoms with van der Waals surface area (Å²) in [5.74, 6) is 0.275. The maximum absolute atomic E-state index is 13.7. The molecule has 20 heavy (non-hydrogen) atoms. The molecule has 3 heterocycles. The van der Waals surface area contributed by atoms with Crippen LogP contribution in [0.3, 0.4) is 0 Å². The van der Waals surface area contributed by atoms with E-state index in [0.29, 0.717) is 11.2 Å².